The van der Waals surface area contributed by atoms with Gasteiger partial charge in [-0.25, -0.2) is 0 Å². The van der Waals surface area contributed by atoms with Crippen LogP contribution in [0.3, 0.4) is 0 Å². The molecule has 1 aromatic heterocycles. The lowest BCUT2D eigenvalue weighted by Gasteiger charge is -2.15. The van der Waals surface area contributed by atoms with E-state index in [-0.39, 0.29) is 23.6 Å². The van der Waals surface area contributed by atoms with Gasteiger partial charge in [-0.2, -0.15) is 0 Å². The number of hydrogen-bond donors (Lipinski definition) is 0. The molecule has 5 nitrogen and oxygen atoms in total. The van der Waals surface area contributed by atoms with Crippen LogP contribution in [0.1, 0.15) is 25.0 Å². The average Bonchev–Trinajstić information content (AvgIpc) is 2.87. The summed E-state index contributed by atoms with van der Waals surface area (Å²) < 4.78 is 5.18. The Bertz CT molecular complexity index is 845. The lowest BCUT2D eigenvalue weighted by Crippen LogP contribution is -2.31. The first kappa shape index (κ1) is 18.2. The van der Waals surface area contributed by atoms with Gasteiger partial charge in [0, 0.05) is 17.6 Å². The van der Waals surface area contributed by atoms with Crippen molar-refractivity contribution in [2.45, 2.75) is 25.6 Å². The van der Waals surface area contributed by atoms with Crippen molar-refractivity contribution in [3.8, 4) is 5.75 Å². The van der Waals surface area contributed by atoms with E-state index in [9.17, 15) is 9.59 Å². The molecule has 0 atom stereocenters. The van der Waals surface area contributed by atoms with Crippen molar-refractivity contribution in [3.63, 3.8) is 0 Å². The van der Waals surface area contributed by atoms with Crippen LogP contribution in [0.25, 0.3) is 5.57 Å². The van der Waals surface area contributed by atoms with Crippen LogP contribution in [0.15, 0.2) is 53.7 Å². The largest absolute Gasteiger partial charge is 0.497 e. The highest BCUT2D eigenvalue weighted by Gasteiger charge is 2.39. The molecule has 26 heavy (non-hydrogen) atoms. The predicted octanol–water partition coefficient (Wildman–Crippen LogP) is 3.51. The van der Waals surface area contributed by atoms with E-state index in [0.717, 1.165) is 11.1 Å². The SMILES string of the molecule is COc1ccc(C2=C(SC(C)C)C(=O)N(Cc3cccnc3)C2=O)cc1. The zero-order valence-corrected chi connectivity index (χ0v) is 15.7. The van der Waals surface area contributed by atoms with E-state index >= 15 is 0 Å². The third-order valence-electron chi connectivity index (χ3n) is 3.92. The molecule has 134 valence electrons. The topological polar surface area (TPSA) is 59.5 Å². The van der Waals surface area contributed by atoms with Gasteiger partial charge in [0.1, 0.15) is 5.75 Å². The molecule has 0 bridgehead atoms. The lowest BCUT2D eigenvalue weighted by molar-refractivity contribution is -0.137. The van der Waals surface area contributed by atoms with Crippen molar-refractivity contribution in [2.24, 2.45) is 0 Å². The predicted molar refractivity (Wildman–Crippen MR) is 102 cm³/mol. The molecule has 6 heteroatoms. The summed E-state index contributed by atoms with van der Waals surface area (Å²) in [7, 11) is 1.59. The second-order valence-corrected chi connectivity index (χ2v) is 7.74. The van der Waals surface area contributed by atoms with Crippen LogP contribution < -0.4 is 4.74 Å². The van der Waals surface area contributed by atoms with Gasteiger partial charge in [0.15, 0.2) is 0 Å². The number of methoxy groups -OCH3 is 1. The Balaban J connectivity index is 1.97. The molecule has 1 aliphatic rings. The number of nitrogens with zero attached hydrogens (tertiary/aromatic N) is 2. The van der Waals surface area contributed by atoms with Crippen LogP contribution in [0.2, 0.25) is 0 Å². The Hall–Kier alpha value is -2.60. The first-order valence-electron chi connectivity index (χ1n) is 8.31. The van der Waals surface area contributed by atoms with E-state index in [1.807, 2.05) is 32.0 Å². The number of benzene rings is 1. The molecule has 1 aliphatic heterocycles. The Morgan fingerprint density at radius 3 is 2.42 bits per heavy atom. The summed E-state index contributed by atoms with van der Waals surface area (Å²) in [6, 6.07) is 10.9. The highest BCUT2D eigenvalue weighted by atomic mass is 32.2. The standard InChI is InChI=1S/C20H20N2O3S/c1-13(2)26-18-17(15-6-8-16(25-3)9-7-15)19(23)22(20(18)24)12-14-5-4-10-21-11-14/h4-11,13H,12H2,1-3H3. The van der Waals surface area contributed by atoms with Crippen molar-refractivity contribution in [1.29, 1.82) is 0 Å². The van der Waals surface area contributed by atoms with Gasteiger partial charge in [-0.3, -0.25) is 19.5 Å². The molecule has 1 aromatic carbocycles. The Morgan fingerprint density at radius 2 is 1.85 bits per heavy atom. The Labute approximate surface area is 157 Å². The third-order valence-corrected chi connectivity index (χ3v) is 5.01. The zero-order valence-electron chi connectivity index (χ0n) is 14.9. The van der Waals surface area contributed by atoms with Gasteiger partial charge in [-0.05, 0) is 29.3 Å². The minimum absolute atomic E-state index is 0.188. The lowest BCUT2D eigenvalue weighted by atomic mass is 10.1. The minimum atomic E-state index is -0.271. The van der Waals surface area contributed by atoms with Gasteiger partial charge < -0.3 is 4.74 Å². The van der Waals surface area contributed by atoms with E-state index in [2.05, 4.69) is 4.98 Å². The van der Waals surface area contributed by atoms with Crippen LogP contribution in [-0.4, -0.2) is 34.1 Å². The van der Waals surface area contributed by atoms with Gasteiger partial charge in [0.2, 0.25) is 0 Å². The van der Waals surface area contributed by atoms with Gasteiger partial charge in [-0.1, -0.05) is 32.0 Å². The summed E-state index contributed by atoms with van der Waals surface area (Å²) in [6.07, 6.45) is 3.33. The summed E-state index contributed by atoms with van der Waals surface area (Å²) >= 11 is 1.42. The molecule has 0 fully saturated rings. The van der Waals surface area contributed by atoms with Gasteiger partial charge in [0.25, 0.3) is 11.8 Å². The van der Waals surface area contributed by atoms with E-state index in [1.54, 1.807) is 37.7 Å². The smallest absolute Gasteiger partial charge is 0.268 e. The van der Waals surface area contributed by atoms with E-state index in [4.69, 9.17) is 4.74 Å². The number of pyridine rings is 1. The minimum Gasteiger partial charge on any atom is -0.497 e. The Morgan fingerprint density at radius 1 is 1.12 bits per heavy atom. The molecule has 0 radical (unpaired) electrons. The first-order valence-corrected chi connectivity index (χ1v) is 9.19. The monoisotopic (exact) mass is 368 g/mol. The second kappa shape index (κ2) is 7.74. The number of aromatic nitrogens is 1. The number of carbonyl (C=O) groups excluding carboxylic acids is 2. The Kier molecular flexibility index (Phi) is 5.42. The summed E-state index contributed by atoms with van der Waals surface area (Å²) in [5, 5.41) is 0.188. The van der Waals surface area contributed by atoms with Gasteiger partial charge in [0.05, 0.1) is 24.1 Å². The zero-order chi connectivity index (χ0) is 18.7. The second-order valence-electron chi connectivity index (χ2n) is 6.16. The molecule has 2 aromatic rings. The molecule has 0 saturated carbocycles. The number of thioether (sulfide) groups is 1. The van der Waals surface area contributed by atoms with Crippen LogP contribution >= 0.6 is 11.8 Å². The van der Waals surface area contributed by atoms with Crippen molar-refractivity contribution in [3.05, 3.63) is 64.8 Å². The highest BCUT2D eigenvalue weighted by molar-refractivity contribution is 8.04. The molecule has 0 aliphatic carbocycles. The van der Waals surface area contributed by atoms with E-state index in [0.29, 0.717) is 16.2 Å². The van der Waals surface area contributed by atoms with E-state index < -0.39 is 0 Å². The summed E-state index contributed by atoms with van der Waals surface area (Å²) in [6.45, 7) is 4.23. The molecule has 2 heterocycles. The van der Waals surface area contributed by atoms with Crippen molar-refractivity contribution < 1.29 is 14.3 Å². The van der Waals surface area contributed by atoms with Crippen LogP contribution in [0.4, 0.5) is 0 Å². The summed E-state index contributed by atoms with van der Waals surface area (Å²) in [5.41, 5.74) is 2.00. The molecule has 2 amide bonds. The van der Waals surface area contributed by atoms with Crippen LogP contribution in [-0.2, 0) is 16.1 Å². The normalized spacial score (nSPS) is 14.5. The first-order chi connectivity index (χ1) is 12.5. The van der Waals surface area contributed by atoms with Gasteiger partial charge >= 0.3 is 0 Å². The van der Waals surface area contributed by atoms with Gasteiger partial charge in [-0.15, -0.1) is 11.8 Å². The average molecular weight is 368 g/mol. The van der Waals surface area contributed by atoms with Crippen LogP contribution in [0, 0.1) is 0 Å². The number of rotatable bonds is 6. The molecule has 3 rings (SSSR count). The summed E-state index contributed by atoms with van der Waals surface area (Å²) in [5.74, 6) is 0.187. The maximum atomic E-state index is 13.0. The van der Waals surface area contributed by atoms with Crippen molar-refractivity contribution in [2.75, 3.05) is 7.11 Å². The molecule has 0 unspecified atom stereocenters. The molecular formula is C20H20N2O3S. The van der Waals surface area contributed by atoms with Crippen LogP contribution in [0.5, 0.6) is 5.75 Å². The third kappa shape index (κ3) is 3.65. The maximum Gasteiger partial charge on any atom is 0.268 e. The fraction of sp³-hybridized carbons (Fsp3) is 0.250. The quantitative estimate of drug-likeness (QED) is 0.730. The molecule has 0 saturated heterocycles. The number of carbonyl (C=O) groups is 2. The fourth-order valence-corrected chi connectivity index (χ4v) is 3.73. The fourth-order valence-electron chi connectivity index (χ4n) is 2.73. The number of hydrogen-bond acceptors (Lipinski definition) is 5. The molecular weight excluding hydrogens is 348 g/mol. The summed E-state index contributed by atoms with van der Waals surface area (Å²) in [4.78, 5) is 31.8. The molecule has 0 N–H and O–H groups in total. The maximum absolute atomic E-state index is 13.0. The number of amides is 2. The number of ether oxygens (including phenoxy) is 1. The van der Waals surface area contributed by atoms with Crippen molar-refractivity contribution >= 4 is 29.1 Å². The van der Waals surface area contributed by atoms with Crippen molar-refractivity contribution in [1.82, 2.24) is 9.88 Å². The number of imide groups is 1. The van der Waals surface area contributed by atoms with E-state index in [1.165, 1.54) is 16.7 Å². The highest BCUT2D eigenvalue weighted by Crippen LogP contribution is 2.38. The molecule has 0 spiro atoms.